The number of esters is 1. The van der Waals surface area contributed by atoms with Gasteiger partial charge in [0.2, 0.25) is 11.9 Å². The van der Waals surface area contributed by atoms with Crippen LogP contribution < -0.4 is 16.0 Å². The molecule has 4 rings (SSSR count). The normalized spacial score (nSPS) is 11.3. The molecule has 2 aromatic carbocycles. The number of ether oxygens (including phenoxy) is 1. The Bertz CT molecular complexity index is 1590. The van der Waals surface area contributed by atoms with Crippen LogP contribution >= 0.6 is 11.3 Å². The van der Waals surface area contributed by atoms with E-state index in [1.54, 1.807) is 73.1 Å². The number of allylic oxidation sites excluding steroid dienone is 1. The fourth-order valence-corrected chi connectivity index (χ4v) is 4.78. The number of anilines is 2. The van der Waals surface area contributed by atoms with E-state index in [2.05, 4.69) is 15.0 Å². The van der Waals surface area contributed by atoms with Crippen LogP contribution in [0.1, 0.15) is 38.3 Å². The number of hydrogen-bond acceptors (Lipinski definition) is 7. The van der Waals surface area contributed by atoms with Crippen molar-refractivity contribution in [2.75, 3.05) is 24.4 Å². The number of thiophene rings is 1. The van der Waals surface area contributed by atoms with Crippen LogP contribution in [0.5, 0.6) is 0 Å². The molecule has 0 bridgehead atoms. The number of carbonyl (C=O) groups excluding carboxylic acids is 4. The molecule has 4 aromatic rings. The van der Waals surface area contributed by atoms with Crippen molar-refractivity contribution < 1.29 is 23.9 Å². The third kappa shape index (κ3) is 6.21. The van der Waals surface area contributed by atoms with Gasteiger partial charge in [-0.3, -0.25) is 19.7 Å². The molecule has 0 aliphatic rings. The Hall–Kier alpha value is -4.77. The molecule has 2 heterocycles. The predicted molar refractivity (Wildman–Crippen MR) is 151 cm³/mol. The summed E-state index contributed by atoms with van der Waals surface area (Å²) in [4.78, 5) is 56.4. The van der Waals surface area contributed by atoms with Gasteiger partial charge in [-0.2, -0.15) is 0 Å². The van der Waals surface area contributed by atoms with E-state index in [0.29, 0.717) is 32.7 Å². The van der Waals surface area contributed by atoms with Gasteiger partial charge in [0.05, 0.1) is 23.0 Å². The largest absolute Gasteiger partial charge is 0.466 e. The SMILES string of the molecule is COC(=O)/C=C(\C)c1ccc(C(=O)Nc2nc3cc(N(C)C(=O)c4ccccc4)ccc3n2CCC(N)=O)s1. The van der Waals surface area contributed by atoms with Crippen LogP contribution in [0, 0.1) is 0 Å². The molecule has 10 nitrogen and oxygen atoms in total. The average molecular weight is 546 g/mol. The highest BCUT2D eigenvalue weighted by molar-refractivity contribution is 7.15. The molecule has 0 unspecified atom stereocenters. The molecule has 0 aliphatic carbocycles. The molecule has 0 saturated carbocycles. The number of nitrogens with one attached hydrogen (secondary N) is 1. The van der Waals surface area contributed by atoms with Gasteiger partial charge in [-0.25, -0.2) is 9.78 Å². The lowest BCUT2D eigenvalue weighted by Crippen LogP contribution is -2.26. The van der Waals surface area contributed by atoms with Gasteiger partial charge in [0.25, 0.3) is 11.8 Å². The van der Waals surface area contributed by atoms with Gasteiger partial charge in [0.15, 0.2) is 0 Å². The Morgan fingerprint density at radius 1 is 1.08 bits per heavy atom. The lowest BCUT2D eigenvalue weighted by molar-refractivity contribution is -0.134. The minimum atomic E-state index is -0.491. The number of nitrogens with two attached hydrogens (primary N) is 1. The van der Waals surface area contributed by atoms with Crippen LogP contribution in [-0.2, 0) is 20.9 Å². The second-order valence-corrected chi connectivity index (χ2v) is 9.76. The van der Waals surface area contributed by atoms with Crippen molar-refractivity contribution >= 4 is 63.3 Å². The van der Waals surface area contributed by atoms with E-state index in [9.17, 15) is 19.2 Å². The molecular weight excluding hydrogens is 518 g/mol. The van der Waals surface area contributed by atoms with Gasteiger partial charge in [0.1, 0.15) is 0 Å². The molecule has 0 spiro atoms. The Morgan fingerprint density at radius 2 is 1.79 bits per heavy atom. The van der Waals surface area contributed by atoms with Crippen LogP contribution in [0.15, 0.2) is 66.7 Å². The summed E-state index contributed by atoms with van der Waals surface area (Å²) in [7, 11) is 2.97. The van der Waals surface area contributed by atoms with Crippen LogP contribution in [0.4, 0.5) is 11.6 Å². The second-order valence-electron chi connectivity index (χ2n) is 8.68. The van der Waals surface area contributed by atoms with Crippen LogP contribution in [-0.4, -0.2) is 47.4 Å². The maximum absolute atomic E-state index is 13.1. The zero-order chi connectivity index (χ0) is 28.1. The molecule has 11 heteroatoms. The van der Waals surface area contributed by atoms with Gasteiger partial charge in [0, 0.05) is 42.2 Å². The number of amides is 3. The van der Waals surface area contributed by atoms with Crippen molar-refractivity contribution in [2.45, 2.75) is 19.9 Å². The highest BCUT2D eigenvalue weighted by Gasteiger charge is 2.19. The molecular formula is C28H27N5O5S. The molecule has 200 valence electrons. The Balaban J connectivity index is 1.63. The smallest absolute Gasteiger partial charge is 0.330 e. The maximum Gasteiger partial charge on any atom is 0.330 e. The number of primary amides is 1. The van der Waals surface area contributed by atoms with E-state index in [0.717, 1.165) is 4.88 Å². The van der Waals surface area contributed by atoms with E-state index in [4.69, 9.17) is 5.73 Å². The third-order valence-electron chi connectivity index (χ3n) is 6.01. The summed E-state index contributed by atoms with van der Waals surface area (Å²) >= 11 is 1.22. The topological polar surface area (TPSA) is 137 Å². The summed E-state index contributed by atoms with van der Waals surface area (Å²) in [6, 6.07) is 17.6. The fraction of sp³-hybridized carbons (Fsp3) is 0.179. The molecule has 0 radical (unpaired) electrons. The predicted octanol–water partition coefficient (Wildman–Crippen LogP) is 4.08. The van der Waals surface area contributed by atoms with Gasteiger partial charge >= 0.3 is 5.97 Å². The van der Waals surface area contributed by atoms with Crippen LogP contribution in [0.3, 0.4) is 0 Å². The highest BCUT2D eigenvalue weighted by Crippen LogP contribution is 2.28. The summed E-state index contributed by atoms with van der Waals surface area (Å²) in [6.07, 6.45) is 1.40. The summed E-state index contributed by atoms with van der Waals surface area (Å²) in [5.41, 5.74) is 8.41. The van der Waals surface area contributed by atoms with E-state index in [1.807, 2.05) is 6.07 Å². The average Bonchev–Trinajstić information content (AvgIpc) is 3.56. The number of benzene rings is 2. The number of imidazole rings is 1. The monoisotopic (exact) mass is 545 g/mol. The lowest BCUT2D eigenvalue weighted by atomic mass is 10.2. The first kappa shape index (κ1) is 27.3. The van der Waals surface area contributed by atoms with Crippen molar-refractivity contribution in [3.63, 3.8) is 0 Å². The first-order valence-corrected chi connectivity index (χ1v) is 12.8. The zero-order valence-electron chi connectivity index (χ0n) is 21.6. The third-order valence-corrected chi connectivity index (χ3v) is 7.22. The molecule has 0 atom stereocenters. The van der Waals surface area contributed by atoms with Crippen LogP contribution in [0.25, 0.3) is 16.6 Å². The first-order chi connectivity index (χ1) is 18.7. The number of aryl methyl sites for hydroxylation is 1. The Labute approximate surface area is 228 Å². The number of nitrogens with zero attached hydrogens (tertiary/aromatic N) is 3. The number of hydrogen-bond donors (Lipinski definition) is 2. The fourth-order valence-electron chi connectivity index (χ4n) is 3.90. The van der Waals surface area contributed by atoms with Crippen molar-refractivity contribution in [3.8, 4) is 0 Å². The second kappa shape index (κ2) is 11.7. The van der Waals surface area contributed by atoms with E-state index in [1.165, 1.54) is 29.4 Å². The molecule has 0 aliphatic heterocycles. The van der Waals surface area contributed by atoms with Crippen molar-refractivity contribution in [3.05, 3.63) is 82.1 Å². The number of methoxy groups -OCH3 is 1. The summed E-state index contributed by atoms with van der Waals surface area (Å²) in [6.45, 7) is 1.96. The quantitative estimate of drug-likeness (QED) is 0.240. The number of rotatable bonds is 9. The zero-order valence-corrected chi connectivity index (χ0v) is 22.5. The van der Waals surface area contributed by atoms with Crippen molar-refractivity contribution in [1.29, 1.82) is 0 Å². The molecule has 0 saturated heterocycles. The maximum atomic E-state index is 13.1. The van der Waals surface area contributed by atoms with Crippen LogP contribution in [0.2, 0.25) is 0 Å². The van der Waals surface area contributed by atoms with Gasteiger partial charge in [-0.1, -0.05) is 18.2 Å². The molecule has 2 aromatic heterocycles. The van der Waals surface area contributed by atoms with E-state index < -0.39 is 17.8 Å². The van der Waals surface area contributed by atoms with E-state index >= 15 is 0 Å². The van der Waals surface area contributed by atoms with Gasteiger partial charge in [-0.15, -0.1) is 11.3 Å². The standard InChI is InChI=1S/C28H27N5O5S/c1-17(15-25(35)38-3)22-11-12-23(39-22)26(36)31-28-30-20-16-19(9-10-21(20)33(28)14-13-24(29)34)32(2)27(37)18-7-5-4-6-8-18/h4-12,15-16H,13-14H2,1-3H3,(H2,29,34)(H,30,31,36)/b17-15+. The number of fused-ring (bicyclic) bond motifs is 1. The van der Waals surface area contributed by atoms with Gasteiger partial charge in [-0.05, 0) is 55.0 Å². The number of aromatic nitrogens is 2. The first-order valence-electron chi connectivity index (χ1n) is 12.0. The van der Waals surface area contributed by atoms with E-state index in [-0.39, 0.29) is 24.8 Å². The Kier molecular flexibility index (Phi) is 8.21. The molecule has 3 N–H and O–H groups in total. The highest BCUT2D eigenvalue weighted by atomic mass is 32.1. The summed E-state index contributed by atoms with van der Waals surface area (Å²) in [5.74, 6) is -1.31. The minimum Gasteiger partial charge on any atom is -0.466 e. The Morgan fingerprint density at radius 3 is 2.49 bits per heavy atom. The minimum absolute atomic E-state index is 0.0448. The lowest BCUT2D eigenvalue weighted by Gasteiger charge is -2.17. The molecule has 0 fully saturated rings. The molecule has 3 amide bonds. The summed E-state index contributed by atoms with van der Waals surface area (Å²) < 4.78 is 6.37. The number of carbonyl (C=O) groups is 4. The van der Waals surface area contributed by atoms with Gasteiger partial charge < -0.3 is 19.9 Å². The van der Waals surface area contributed by atoms with Crippen molar-refractivity contribution in [1.82, 2.24) is 9.55 Å². The van der Waals surface area contributed by atoms with Crippen molar-refractivity contribution in [2.24, 2.45) is 5.73 Å². The summed E-state index contributed by atoms with van der Waals surface area (Å²) in [5, 5.41) is 2.82. The molecule has 39 heavy (non-hydrogen) atoms.